The number of halogens is 1. The summed E-state index contributed by atoms with van der Waals surface area (Å²) in [5, 5.41) is 0.627. The number of benzene rings is 2. The van der Waals surface area contributed by atoms with Crippen LogP contribution in [0.3, 0.4) is 0 Å². The standard InChI is InChI=1S/C19H17ClO2/c1-12-6-2-3-7-14(12)19-17(21)10-13(11-18(19)22)15-8-4-5-9-16(15)20/h2-9,13,19H,10-11H2,1H3. The van der Waals surface area contributed by atoms with Gasteiger partial charge in [0.05, 0.1) is 0 Å². The quantitative estimate of drug-likeness (QED) is 0.768. The van der Waals surface area contributed by atoms with Crippen molar-refractivity contribution in [1.29, 1.82) is 0 Å². The van der Waals surface area contributed by atoms with Crippen LogP contribution in [0.5, 0.6) is 0 Å². The van der Waals surface area contributed by atoms with E-state index < -0.39 is 5.92 Å². The van der Waals surface area contributed by atoms with E-state index in [4.69, 9.17) is 11.6 Å². The van der Waals surface area contributed by atoms with Gasteiger partial charge < -0.3 is 0 Å². The smallest absolute Gasteiger partial charge is 0.148 e. The van der Waals surface area contributed by atoms with E-state index in [1.165, 1.54) is 0 Å². The van der Waals surface area contributed by atoms with E-state index in [9.17, 15) is 9.59 Å². The van der Waals surface area contributed by atoms with Gasteiger partial charge in [0.2, 0.25) is 0 Å². The lowest BCUT2D eigenvalue weighted by Gasteiger charge is -2.28. The predicted octanol–water partition coefficient (Wildman–Crippen LogP) is 4.45. The van der Waals surface area contributed by atoms with Crippen LogP contribution < -0.4 is 0 Å². The summed E-state index contributed by atoms with van der Waals surface area (Å²) >= 11 is 6.21. The summed E-state index contributed by atoms with van der Waals surface area (Å²) in [4.78, 5) is 25.2. The van der Waals surface area contributed by atoms with E-state index in [1.54, 1.807) is 6.07 Å². The molecule has 0 bridgehead atoms. The highest BCUT2D eigenvalue weighted by Gasteiger charge is 2.37. The maximum absolute atomic E-state index is 12.6. The second kappa shape index (κ2) is 6.05. The monoisotopic (exact) mass is 312 g/mol. The predicted molar refractivity (Wildman–Crippen MR) is 87.4 cm³/mol. The van der Waals surface area contributed by atoms with E-state index in [-0.39, 0.29) is 17.5 Å². The molecule has 2 aromatic carbocycles. The third kappa shape index (κ3) is 2.71. The molecule has 1 aliphatic rings. The Kier molecular flexibility index (Phi) is 4.12. The zero-order valence-corrected chi connectivity index (χ0v) is 13.1. The van der Waals surface area contributed by atoms with Gasteiger partial charge in [0.1, 0.15) is 17.5 Å². The van der Waals surface area contributed by atoms with Gasteiger partial charge in [-0.15, -0.1) is 0 Å². The highest BCUT2D eigenvalue weighted by molar-refractivity contribution is 6.31. The molecule has 0 unspecified atom stereocenters. The number of carbonyl (C=O) groups excluding carboxylic acids is 2. The zero-order valence-electron chi connectivity index (χ0n) is 12.4. The molecule has 2 aromatic rings. The first kappa shape index (κ1) is 15.0. The number of Topliss-reactive ketones (excluding diaryl/α,β-unsaturated/α-hetero) is 2. The summed E-state index contributed by atoms with van der Waals surface area (Å²) in [6, 6.07) is 15.1. The molecule has 22 heavy (non-hydrogen) atoms. The fourth-order valence-electron chi connectivity index (χ4n) is 3.26. The minimum absolute atomic E-state index is 0.00419. The molecule has 0 heterocycles. The third-order valence-corrected chi connectivity index (χ3v) is 4.73. The Hall–Kier alpha value is -1.93. The Labute approximate surface area is 135 Å². The molecule has 1 aliphatic carbocycles. The molecular formula is C19H17ClO2. The average molecular weight is 313 g/mol. The molecule has 0 radical (unpaired) electrons. The van der Waals surface area contributed by atoms with E-state index >= 15 is 0 Å². The van der Waals surface area contributed by atoms with E-state index in [0.717, 1.165) is 16.7 Å². The number of rotatable bonds is 2. The minimum atomic E-state index is -0.611. The molecular weight excluding hydrogens is 296 g/mol. The molecule has 0 spiro atoms. The van der Waals surface area contributed by atoms with Gasteiger partial charge in [0.25, 0.3) is 0 Å². The van der Waals surface area contributed by atoms with Crippen molar-refractivity contribution in [3.63, 3.8) is 0 Å². The van der Waals surface area contributed by atoms with E-state index in [0.29, 0.717) is 17.9 Å². The van der Waals surface area contributed by atoms with Crippen molar-refractivity contribution in [3.05, 3.63) is 70.2 Å². The van der Waals surface area contributed by atoms with Crippen molar-refractivity contribution in [2.75, 3.05) is 0 Å². The number of hydrogen-bond acceptors (Lipinski definition) is 2. The van der Waals surface area contributed by atoms with Crippen LogP contribution in [-0.2, 0) is 9.59 Å². The molecule has 2 nitrogen and oxygen atoms in total. The first-order valence-corrected chi connectivity index (χ1v) is 7.81. The van der Waals surface area contributed by atoms with E-state index in [1.807, 2.05) is 49.4 Å². The maximum Gasteiger partial charge on any atom is 0.148 e. The van der Waals surface area contributed by atoms with Gasteiger partial charge in [0, 0.05) is 17.9 Å². The van der Waals surface area contributed by atoms with Crippen molar-refractivity contribution in [1.82, 2.24) is 0 Å². The van der Waals surface area contributed by atoms with Crippen molar-refractivity contribution >= 4 is 23.2 Å². The van der Waals surface area contributed by atoms with Gasteiger partial charge in [0.15, 0.2) is 0 Å². The third-order valence-electron chi connectivity index (χ3n) is 4.38. The minimum Gasteiger partial charge on any atom is -0.298 e. The van der Waals surface area contributed by atoms with Gasteiger partial charge in [-0.05, 0) is 35.6 Å². The summed E-state index contributed by atoms with van der Waals surface area (Å²) in [6.07, 6.45) is 0.739. The lowest BCUT2D eigenvalue weighted by Crippen LogP contribution is -2.31. The summed E-state index contributed by atoms with van der Waals surface area (Å²) in [5.74, 6) is -0.722. The fourth-order valence-corrected chi connectivity index (χ4v) is 3.55. The zero-order chi connectivity index (χ0) is 15.7. The van der Waals surface area contributed by atoms with Crippen molar-refractivity contribution in [3.8, 4) is 0 Å². The van der Waals surface area contributed by atoms with E-state index in [2.05, 4.69) is 0 Å². The van der Waals surface area contributed by atoms with Crippen LogP contribution in [-0.4, -0.2) is 11.6 Å². The van der Waals surface area contributed by atoms with Crippen LogP contribution >= 0.6 is 11.6 Å². The average Bonchev–Trinajstić information content (AvgIpc) is 2.49. The molecule has 0 aromatic heterocycles. The van der Waals surface area contributed by atoms with Crippen molar-refractivity contribution in [2.45, 2.75) is 31.6 Å². The lowest BCUT2D eigenvalue weighted by molar-refractivity contribution is -0.132. The van der Waals surface area contributed by atoms with Crippen LogP contribution in [0.4, 0.5) is 0 Å². The molecule has 0 N–H and O–H groups in total. The maximum atomic E-state index is 12.6. The Morgan fingerprint density at radius 3 is 2.00 bits per heavy atom. The SMILES string of the molecule is Cc1ccccc1C1C(=O)CC(c2ccccc2Cl)CC1=O. The molecule has 3 heteroatoms. The molecule has 0 saturated heterocycles. The van der Waals surface area contributed by atoms with Crippen LogP contribution in [0.15, 0.2) is 48.5 Å². The topological polar surface area (TPSA) is 34.1 Å². The Morgan fingerprint density at radius 1 is 0.864 bits per heavy atom. The Bertz CT molecular complexity index is 718. The van der Waals surface area contributed by atoms with Crippen LogP contribution in [0.1, 0.15) is 41.4 Å². The molecule has 1 saturated carbocycles. The van der Waals surface area contributed by atoms with Crippen LogP contribution in [0, 0.1) is 6.92 Å². The fraction of sp³-hybridized carbons (Fsp3) is 0.263. The van der Waals surface area contributed by atoms with Crippen LogP contribution in [0.2, 0.25) is 5.02 Å². The summed E-state index contributed by atoms with van der Waals surface area (Å²) in [5.41, 5.74) is 2.73. The second-order valence-electron chi connectivity index (χ2n) is 5.85. The molecule has 3 rings (SSSR count). The van der Waals surface area contributed by atoms with Crippen molar-refractivity contribution < 1.29 is 9.59 Å². The van der Waals surface area contributed by atoms with Crippen LogP contribution in [0.25, 0.3) is 0 Å². The summed E-state index contributed by atoms with van der Waals surface area (Å²) in [7, 11) is 0. The molecule has 0 amide bonds. The molecule has 112 valence electrons. The van der Waals surface area contributed by atoms with Gasteiger partial charge in [-0.3, -0.25) is 9.59 Å². The van der Waals surface area contributed by atoms with Gasteiger partial charge in [-0.2, -0.15) is 0 Å². The Balaban J connectivity index is 1.90. The number of ketones is 2. The summed E-state index contributed by atoms with van der Waals surface area (Å²) < 4.78 is 0. The van der Waals surface area contributed by atoms with Gasteiger partial charge in [-0.25, -0.2) is 0 Å². The van der Waals surface area contributed by atoms with Crippen molar-refractivity contribution in [2.24, 2.45) is 0 Å². The molecule has 0 atom stereocenters. The van der Waals surface area contributed by atoms with Gasteiger partial charge in [-0.1, -0.05) is 54.1 Å². The first-order chi connectivity index (χ1) is 10.6. The largest absolute Gasteiger partial charge is 0.298 e. The highest BCUT2D eigenvalue weighted by Crippen LogP contribution is 2.39. The number of hydrogen-bond donors (Lipinski definition) is 0. The summed E-state index contributed by atoms with van der Waals surface area (Å²) in [6.45, 7) is 1.94. The lowest BCUT2D eigenvalue weighted by atomic mass is 9.73. The number of carbonyl (C=O) groups is 2. The first-order valence-electron chi connectivity index (χ1n) is 7.43. The van der Waals surface area contributed by atoms with Gasteiger partial charge >= 0.3 is 0 Å². The molecule has 0 aliphatic heterocycles. The Morgan fingerprint density at radius 2 is 1.41 bits per heavy atom. The second-order valence-corrected chi connectivity index (χ2v) is 6.26. The molecule has 1 fully saturated rings. The normalized spacial score (nSPS) is 21.9. The number of aryl methyl sites for hydroxylation is 1. The highest BCUT2D eigenvalue weighted by atomic mass is 35.5.